The number of amides is 1. The Morgan fingerprint density at radius 1 is 1.10 bits per heavy atom. The number of nitrogen functional groups attached to an aromatic ring is 1. The fourth-order valence-electron chi connectivity index (χ4n) is 2.30. The molecule has 20 heavy (non-hydrogen) atoms. The monoisotopic (exact) mass is 268 g/mol. The molecule has 2 aromatic carbocycles. The Kier molecular flexibility index (Phi) is 4.08. The second-order valence-corrected chi connectivity index (χ2v) is 5.24. The highest BCUT2D eigenvalue weighted by atomic mass is 16.1. The molecule has 0 unspecified atom stereocenters. The molecule has 0 saturated heterocycles. The van der Waals surface area contributed by atoms with E-state index in [1.54, 1.807) is 6.07 Å². The maximum absolute atomic E-state index is 12.4. The molecular weight excluding hydrogens is 248 g/mol. The number of hydrogen-bond donors (Lipinski definition) is 2. The van der Waals surface area contributed by atoms with Crippen molar-refractivity contribution in [2.75, 3.05) is 11.1 Å². The van der Waals surface area contributed by atoms with E-state index < -0.39 is 0 Å². The lowest BCUT2D eigenvalue weighted by molar-refractivity contribution is 0.102. The predicted molar refractivity (Wildman–Crippen MR) is 84.1 cm³/mol. The maximum Gasteiger partial charge on any atom is 0.258 e. The molecule has 0 spiro atoms. The molecule has 1 amide bonds. The average Bonchev–Trinajstić information content (AvgIpc) is 2.38. The Bertz CT molecular complexity index is 612. The highest BCUT2D eigenvalue weighted by molar-refractivity contribution is 6.09. The third-order valence-corrected chi connectivity index (χ3v) is 3.36. The summed E-state index contributed by atoms with van der Waals surface area (Å²) in [6.45, 7) is 6.10. The van der Waals surface area contributed by atoms with E-state index in [1.807, 2.05) is 43.3 Å². The van der Waals surface area contributed by atoms with E-state index >= 15 is 0 Å². The van der Waals surface area contributed by atoms with Gasteiger partial charge in [0.05, 0.1) is 5.56 Å². The van der Waals surface area contributed by atoms with Gasteiger partial charge in [0.1, 0.15) is 0 Å². The van der Waals surface area contributed by atoms with Crippen LogP contribution in [0.25, 0.3) is 0 Å². The zero-order chi connectivity index (χ0) is 14.7. The zero-order valence-electron chi connectivity index (χ0n) is 12.1. The van der Waals surface area contributed by atoms with Crippen LogP contribution in [0, 0.1) is 6.92 Å². The van der Waals surface area contributed by atoms with Gasteiger partial charge >= 0.3 is 0 Å². The first-order valence-electron chi connectivity index (χ1n) is 6.76. The molecule has 0 aliphatic heterocycles. The number of carbonyl (C=O) groups is 1. The highest BCUT2D eigenvalue weighted by Crippen LogP contribution is 2.25. The molecule has 2 aromatic rings. The summed E-state index contributed by atoms with van der Waals surface area (Å²) in [4.78, 5) is 12.4. The van der Waals surface area contributed by atoms with Crippen LogP contribution in [0.4, 0.5) is 11.4 Å². The summed E-state index contributed by atoms with van der Waals surface area (Å²) in [5.41, 5.74) is 9.80. The van der Waals surface area contributed by atoms with Crippen LogP contribution in [-0.4, -0.2) is 5.91 Å². The van der Waals surface area contributed by atoms with Gasteiger partial charge in [0.2, 0.25) is 0 Å². The fourth-order valence-corrected chi connectivity index (χ4v) is 2.30. The lowest BCUT2D eigenvalue weighted by Gasteiger charge is -2.15. The molecule has 0 fully saturated rings. The number of para-hydroxylation sites is 1. The molecule has 0 saturated carbocycles. The average molecular weight is 268 g/mol. The minimum atomic E-state index is -0.159. The molecule has 3 heteroatoms. The van der Waals surface area contributed by atoms with E-state index in [2.05, 4.69) is 19.2 Å². The Balaban J connectivity index is 2.33. The number of rotatable bonds is 3. The number of nitrogens with one attached hydrogen (secondary N) is 1. The standard InChI is InChI=1S/C17H20N2O/c1-11(2)13-8-4-5-10-15(13)19-17(20)16-12(3)7-6-9-14(16)18/h4-11H,18H2,1-3H3,(H,19,20). The van der Waals surface area contributed by atoms with Gasteiger partial charge in [0, 0.05) is 11.4 Å². The van der Waals surface area contributed by atoms with E-state index in [9.17, 15) is 4.79 Å². The minimum Gasteiger partial charge on any atom is -0.398 e. The number of anilines is 2. The molecule has 0 aromatic heterocycles. The van der Waals surface area contributed by atoms with Crippen molar-refractivity contribution in [3.63, 3.8) is 0 Å². The van der Waals surface area contributed by atoms with Crippen molar-refractivity contribution >= 4 is 17.3 Å². The van der Waals surface area contributed by atoms with Crippen LogP contribution >= 0.6 is 0 Å². The van der Waals surface area contributed by atoms with Crippen molar-refractivity contribution in [2.24, 2.45) is 0 Å². The largest absolute Gasteiger partial charge is 0.398 e. The normalized spacial score (nSPS) is 10.6. The molecule has 3 nitrogen and oxygen atoms in total. The quantitative estimate of drug-likeness (QED) is 0.828. The molecule has 0 aliphatic rings. The minimum absolute atomic E-state index is 0.159. The van der Waals surface area contributed by atoms with Crippen LogP contribution in [0.15, 0.2) is 42.5 Å². The van der Waals surface area contributed by atoms with E-state index in [-0.39, 0.29) is 5.91 Å². The first kappa shape index (κ1) is 14.1. The molecule has 0 radical (unpaired) electrons. The van der Waals surface area contributed by atoms with Crippen molar-refractivity contribution in [1.82, 2.24) is 0 Å². The summed E-state index contributed by atoms with van der Waals surface area (Å²) in [5, 5.41) is 2.97. The van der Waals surface area contributed by atoms with Gasteiger partial charge in [0.15, 0.2) is 0 Å². The van der Waals surface area contributed by atoms with Crippen LogP contribution in [0.2, 0.25) is 0 Å². The SMILES string of the molecule is Cc1cccc(N)c1C(=O)Nc1ccccc1C(C)C. The van der Waals surface area contributed by atoms with E-state index in [0.29, 0.717) is 17.2 Å². The molecular formula is C17H20N2O. The number of carbonyl (C=O) groups excluding carboxylic acids is 1. The number of nitrogens with two attached hydrogens (primary N) is 1. The topological polar surface area (TPSA) is 55.1 Å². The first-order valence-corrected chi connectivity index (χ1v) is 6.76. The van der Waals surface area contributed by atoms with Crippen molar-refractivity contribution in [3.05, 3.63) is 59.2 Å². The lowest BCUT2D eigenvalue weighted by Crippen LogP contribution is -2.16. The Labute approximate surface area is 119 Å². The summed E-state index contributed by atoms with van der Waals surface area (Å²) in [7, 11) is 0. The van der Waals surface area contributed by atoms with Crippen LogP contribution in [0.1, 0.15) is 41.3 Å². The number of aryl methyl sites for hydroxylation is 1. The summed E-state index contributed by atoms with van der Waals surface area (Å²) >= 11 is 0. The van der Waals surface area contributed by atoms with Crippen LogP contribution < -0.4 is 11.1 Å². The highest BCUT2D eigenvalue weighted by Gasteiger charge is 2.14. The fraction of sp³-hybridized carbons (Fsp3) is 0.235. The molecule has 104 valence electrons. The predicted octanol–water partition coefficient (Wildman–Crippen LogP) is 3.95. The van der Waals surface area contributed by atoms with E-state index in [1.165, 1.54) is 0 Å². The van der Waals surface area contributed by atoms with Gasteiger partial charge in [-0.3, -0.25) is 4.79 Å². The van der Waals surface area contributed by atoms with Crippen molar-refractivity contribution in [3.8, 4) is 0 Å². The van der Waals surface area contributed by atoms with Gasteiger partial charge in [-0.1, -0.05) is 44.2 Å². The third-order valence-electron chi connectivity index (χ3n) is 3.36. The van der Waals surface area contributed by atoms with Gasteiger partial charge in [0.25, 0.3) is 5.91 Å². The summed E-state index contributed by atoms with van der Waals surface area (Å²) in [5.74, 6) is 0.189. The summed E-state index contributed by atoms with van der Waals surface area (Å²) in [6, 6.07) is 13.3. The van der Waals surface area contributed by atoms with Gasteiger partial charge in [-0.25, -0.2) is 0 Å². The second-order valence-electron chi connectivity index (χ2n) is 5.24. The number of hydrogen-bond acceptors (Lipinski definition) is 2. The summed E-state index contributed by atoms with van der Waals surface area (Å²) < 4.78 is 0. The van der Waals surface area contributed by atoms with Gasteiger partial charge in [-0.05, 0) is 36.1 Å². The summed E-state index contributed by atoms with van der Waals surface area (Å²) in [6.07, 6.45) is 0. The van der Waals surface area contributed by atoms with Crippen molar-refractivity contribution in [2.45, 2.75) is 26.7 Å². The first-order chi connectivity index (χ1) is 9.50. The second kappa shape index (κ2) is 5.78. The van der Waals surface area contributed by atoms with E-state index in [4.69, 9.17) is 5.73 Å². The van der Waals surface area contributed by atoms with Crippen LogP contribution in [0.3, 0.4) is 0 Å². The Hall–Kier alpha value is -2.29. The van der Waals surface area contributed by atoms with Crippen molar-refractivity contribution < 1.29 is 4.79 Å². The van der Waals surface area contributed by atoms with Crippen LogP contribution in [-0.2, 0) is 0 Å². The zero-order valence-corrected chi connectivity index (χ0v) is 12.1. The molecule has 0 atom stereocenters. The van der Waals surface area contributed by atoms with Gasteiger partial charge in [-0.15, -0.1) is 0 Å². The van der Waals surface area contributed by atoms with E-state index in [0.717, 1.165) is 16.8 Å². The Morgan fingerprint density at radius 2 is 1.80 bits per heavy atom. The molecule has 0 heterocycles. The maximum atomic E-state index is 12.4. The smallest absolute Gasteiger partial charge is 0.258 e. The van der Waals surface area contributed by atoms with Crippen LogP contribution in [0.5, 0.6) is 0 Å². The van der Waals surface area contributed by atoms with Crippen molar-refractivity contribution in [1.29, 1.82) is 0 Å². The molecule has 0 aliphatic carbocycles. The Morgan fingerprint density at radius 3 is 2.45 bits per heavy atom. The third kappa shape index (κ3) is 2.82. The number of benzene rings is 2. The molecule has 3 N–H and O–H groups in total. The molecule has 0 bridgehead atoms. The molecule has 2 rings (SSSR count). The van der Waals surface area contributed by atoms with Gasteiger partial charge in [-0.2, -0.15) is 0 Å². The lowest BCUT2D eigenvalue weighted by atomic mass is 10.0. The van der Waals surface area contributed by atoms with Gasteiger partial charge < -0.3 is 11.1 Å².